The molecular weight excluding hydrogens is 322 g/mol. The lowest BCUT2D eigenvalue weighted by atomic mass is 10.2. The third-order valence-corrected chi connectivity index (χ3v) is 3.62. The number of benzene rings is 2. The Morgan fingerprint density at radius 2 is 1.88 bits per heavy atom. The third kappa shape index (κ3) is 5.52. The molecule has 0 radical (unpaired) electrons. The van der Waals surface area contributed by atoms with Crippen molar-refractivity contribution in [1.29, 1.82) is 5.26 Å². The maximum Gasteiger partial charge on any atom is 0.183 e. The zero-order valence-electron chi connectivity index (χ0n) is 13.7. The number of nitrogens with zero attached hydrogens (tertiary/aromatic N) is 2. The van der Waals surface area contributed by atoms with Crippen LogP contribution in [0.1, 0.15) is 12.5 Å². The summed E-state index contributed by atoms with van der Waals surface area (Å²) in [5.74, 6) is 1.61. The van der Waals surface area contributed by atoms with Crippen molar-refractivity contribution >= 4 is 22.6 Å². The fourth-order valence-electron chi connectivity index (χ4n) is 1.97. The monoisotopic (exact) mass is 341 g/mol. The molecule has 2 rings (SSSR count). The molecule has 5 nitrogen and oxygen atoms in total. The van der Waals surface area contributed by atoms with Gasteiger partial charge in [0.25, 0.3) is 0 Å². The Morgan fingerprint density at radius 3 is 2.50 bits per heavy atom. The van der Waals surface area contributed by atoms with Crippen LogP contribution in [0.4, 0.5) is 5.69 Å². The van der Waals surface area contributed by atoms with Crippen molar-refractivity contribution < 1.29 is 9.47 Å². The van der Waals surface area contributed by atoms with Crippen LogP contribution in [0.3, 0.4) is 0 Å². The highest BCUT2D eigenvalue weighted by Crippen LogP contribution is 2.20. The smallest absolute Gasteiger partial charge is 0.183 e. The molecule has 0 bridgehead atoms. The van der Waals surface area contributed by atoms with E-state index in [-0.39, 0.29) is 0 Å². The van der Waals surface area contributed by atoms with E-state index < -0.39 is 0 Å². The van der Waals surface area contributed by atoms with Gasteiger partial charge in [-0.2, -0.15) is 5.26 Å². The first-order valence-electron chi connectivity index (χ1n) is 7.47. The summed E-state index contributed by atoms with van der Waals surface area (Å²) in [7, 11) is 0. The fraction of sp³-hybridized carbons (Fsp3) is 0.222. The average Bonchev–Trinajstić information content (AvgIpc) is 2.61. The molecule has 24 heavy (non-hydrogen) atoms. The molecule has 1 N–H and O–H groups in total. The Kier molecular flexibility index (Phi) is 6.99. The lowest BCUT2D eigenvalue weighted by molar-refractivity contribution is 0.304. The van der Waals surface area contributed by atoms with Gasteiger partial charge in [-0.05, 0) is 55.1 Å². The largest absolute Gasteiger partial charge is 0.494 e. The van der Waals surface area contributed by atoms with Crippen LogP contribution in [0.25, 0.3) is 0 Å². The molecule has 0 spiro atoms. The van der Waals surface area contributed by atoms with Gasteiger partial charge in [0.05, 0.1) is 12.3 Å². The molecule has 0 unspecified atom stereocenters. The molecule has 0 saturated heterocycles. The number of rotatable bonds is 6. The summed E-state index contributed by atoms with van der Waals surface area (Å²) >= 11 is 1.38. The third-order valence-electron chi connectivity index (χ3n) is 3.04. The van der Waals surface area contributed by atoms with Crippen LogP contribution in [0.15, 0.2) is 53.5 Å². The fourth-order valence-corrected chi connectivity index (χ4v) is 2.32. The van der Waals surface area contributed by atoms with Crippen molar-refractivity contribution in [3.05, 3.63) is 54.1 Å². The first kappa shape index (κ1) is 17.7. The zero-order valence-corrected chi connectivity index (χ0v) is 14.5. The number of nitrogens with one attached hydrogen (secondary N) is 1. The molecule has 2 aromatic carbocycles. The number of aliphatic imine (C=N–C) groups is 1. The molecular formula is C18H19N3O2S. The summed E-state index contributed by atoms with van der Waals surface area (Å²) in [6, 6.07) is 15.3. The minimum absolute atomic E-state index is 0.442. The van der Waals surface area contributed by atoms with Crippen molar-refractivity contribution in [2.45, 2.75) is 13.5 Å². The maximum atomic E-state index is 8.68. The molecule has 0 aliphatic heterocycles. The topological polar surface area (TPSA) is 66.6 Å². The SMILES string of the molecule is CCOc1ccc(OCc2cccc(N=C(NC#N)SC)c2)cc1. The molecule has 0 amide bonds. The molecule has 0 aliphatic carbocycles. The lowest BCUT2D eigenvalue weighted by Gasteiger charge is -2.08. The Hall–Kier alpha value is -2.65. The standard InChI is InChI=1S/C18H19N3O2S/c1-3-22-16-7-9-17(10-8-16)23-12-14-5-4-6-15(11-14)21-18(24-2)20-13-19/h4-11H,3,12H2,1-2H3,(H,20,21). The summed E-state index contributed by atoms with van der Waals surface area (Å²) in [5, 5.41) is 11.8. The quantitative estimate of drug-likeness (QED) is 0.371. The van der Waals surface area contributed by atoms with E-state index in [1.807, 2.05) is 67.9 Å². The van der Waals surface area contributed by atoms with Gasteiger partial charge < -0.3 is 9.47 Å². The highest BCUT2D eigenvalue weighted by atomic mass is 32.2. The second kappa shape index (κ2) is 9.48. The number of nitriles is 1. The van der Waals surface area contributed by atoms with Gasteiger partial charge in [-0.15, -0.1) is 0 Å². The van der Waals surface area contributed by atoms with Crippen molar-refractivity contribution in [3.63, 3.8) is 0 Å². The number of hydrogen-bond donors (Lipinski definition) is 1. The minimum Gasteiger partial charge on any atom is -0.494 e. The van der Waals surface area contributed by atoms with E-state index in [1.165, 1.54) is 11.8 Å². The highest BCUT2D eigenvalue weighted by Gasteiger charge is 2.01. The van der Waals surface area contributed by atoms with Gasteiger partial charge in [0.2, 0.25) is 0 Å². The summed E-state index contributed by atoms with van der Waals surface area (Å²) in [6.07, 6.45) is 3.74. The van der Waals surface area contributed by atoms with Crippen molar-refractivity contribution in [3.8, 4) is 17.7 Å². The van der Waals surface area contributed by atoms with Gasteiger partial charge in [0.15, 0.2) is 11.4 Å². The normalized spacial score (nSPS) is 10.8. The van der Waals surface area contributed by atoms with Crippen molar-refractivity contribution in [1.82, 2.24) is 5.32 Å². The first-order chi connectivity index (χ1) is 11.7. The van der Waals surface area contributed by atoms with Crippen molar-refractivity contribution in [2.75, 3.05) is 12.9 Å². The van der Waals surface area contributed by atoms with Crippen LogP contribution in [0, 0.1) is 11.5 Å². The Balaban J connectivity index is 2.00. The van der Waals surface area contributed by atoms with E-state index in [0.717, 1.165) is 22.7 Å². The van der Waals surface area contributed by atoms with E-state index in [9.17, 15) is 0 Å². The van der Waals surface area contributed by atoms with Crippen LogP contribution >= 0.6 is 11.8 Å². The molecule has 0 heterocycles. The minimum atomic E-state index is 0.442. The summed E-state index contributed by atoms with van der Waals surface area (Å²) in [6.45, 7) is 3.04. The van der Waals surface area contributed by atoms with Crippen molar-refractivity contribution in [2.24, 2.45) is 4.99 Å². The van der Waals surface area contributed by atoms with E-state index >= 15 is 0 Å². The molecule has 0 saturated carbocycles. The van der Waals surface area contributed by atoms with Crippen LogP contribution in [0.5, 0.6) is 11.5 Å². The van der Waals surface area contributed by atoms with Crippen LogP contribution in [0.2, 0.25) is 0 Å². The molecule has 0 atom stereocenters. The first-order valence-corrected chi connectivity index (χ1v) is 8.70. The Morgan fingerprint density at radius 1 is 1.17 bits per heavy atom. The van der Waals surface area contributed by atoms with E-state index in [0.29, 0.717) is 18.4 Å². The molecule has 2 aromatic rings. The molecule has 0 aromatic heterocycles. The average molecular weight is 341 g/mol. The number of ether oxygens (including phenoxy) is 2. The van der Waals surface area contributed by atoms with Gasteiger partial charge in [0, 0.05) is 0 Å². The predicted molar refractivity (Wildman–Crippen MR) is 97.7 cm³/mol. The van der Waals surface area contributed by atoms with E-state index in [4.69, 9.17) is 14.7 Å². The van der Waals surface area contributed by atoms with Gasteiger partial charge >= 0.3 is 0 Å². The second-order valence-electron chi connectivity index (χ2n) is 4.72. The summed E-state index contributed by atoms with van der Waals surface area (Å²) in [4.78, 5) is 4.39. The predicted octanol–water partition coefficient (Wildman–Crippen LogP) is 4.09. The van der Waals surface area contributed by atoms with Crippen LogP contribution in [-0.2, 0) is 6.61 Å². The zero-order chi connectivity index (χ0) is 17.2. The van der Waals surface area contributed by atoms with Gasteiger partial charge in [-0.25, -0.2) is 4.99 Å². The lowest BCUT2D eigenvalue weighted by Crippen LogP contribution is -2.12. The summed E-state index contributed by atoms with van der Waals surface area (Å²) in [5.41, 5.74) is 1.78. The van der Waals surface area contributed by atoms with Gasteiger partial charge in [0.1, 0.15) is 18.1 Å². The van der Waals surface area contributed by atoms with Gasteiger partial charge in [-0.3, -0.25) is 5.32 Å². The number of thioether (sulfide) groups is 1. The highest BCUT2D eigenvalue weighted by molar-refractivity contribution is 8.13. The van der Waals surface area contributed by atoms with Gasteiger partial charge in [-0.1, -0.05) is 23.9 Å². The molecule has 124 valence electrons. The Labute approximate surface area is 146 Å². The van der Waals surface area contributed by atoms with E-state index in [2.05, 4.69) is 10.3 Å². The van der Waals surface area contributed by atoms with Crippen LogP contribution in [-0.4, -0.2) is 18.0 Å². The van der Waals surface area contributed by atoms with Crippen LogP contribution < -0.4 is 14.8 Å². The maximum absolute atomic E-state index is 8.68. The second-order valence-corrected chi connectivity index (χ2v) is 5.52. The number of amidine groups is 1. The Bertz CT molecular complexity index is 724. The molecule has 6 heteroatoms. The number of hydrogen-bond acceptors (Lipinski definition) is 5. The van der Waals surface area contributed by atoms with E-state index in [1.54, 1.807) is 0 Å². The molecule has 0 aliphatic rings. The summed E-state index contributed by atoms with van der Waals surface area (Å²) < 4.78 is 11.2. The molecule has 0 fully saturated rings.